The minimum atomic E-state index is -1.29. The van der Waals surface area contributed by atoms with Gasteiger partial charge in [-0.15, -0.1) is 0 Å². The molecule has 0 bridgehead atoms. The first-order valence-electron chi connectivity index (χ1n) is 10.4. The molecule has 1 aromatic carbocycles. The van der Waals surface area contributed by atoms with E-state index < -0.39 is 36.1 Å². The van der Waals surface area contributed by atoms with Crippen molar-refractivity contribution < 1.29 is 33.3 Å². The quantitative estimate of drug-likeness (QED) is 0.188. The maximum Gasteiger partial charge on any atom is 0.408 e. The van der Waals surface area contributed by atoms with Gasteiger partial charge in [-0.25, -0.2) is 14.6 Å². The van der Waals surface area contributed by atoms with E-state index in [4.69, 9.17) is 19.9 Å². The highest BCUT2D eigenvalue weighted by molar-refractivity contribution is 5.86. The Kier molecular flexibility index (Phi) is 8.72. The summed E-state index contributed by atoms with van der Waals surface area (Å²) in [5.41, 5.74) is 6.17. The highest BCUT2D eigenvalue weighted by atomic mass is 16.6. The Labute approximate surface area is 198 Å². The number of nitrogens with one attached hydrogen (secondary N) is 2. The van der Waals surface area contributed by atoms with Crippen LogP contribution in [0.3, 0.4) is 0 Å². The third-order valence-corrected chi connectivity index (χ3v) is 4.58. The third kappa shape index (κ3) is 7.26. The number of fused-ring (bicyclic) bond motifs is 1. The van der Waals surface area contributed by atoms with Crippen molar-refractivity contribution in [3.8, 4) is 0 Å². The standard InChI is InChI=1S/C21H24N6O8/c1-32-19(30)14(24-21(31)35-10-13-5-3-2-4-6-13)9-15(28)34-8-7-33-12-27-11-23-16-17(27)25-20(22)26-18(16)29/h2-6,11,14H,7-10,12H2,1H3,(H,24,31)(H3,22,25,26,29). The number of nitrogens with two attached hydrogens (primary N) is 1. The molecule has 2 heterocycles. The fourth-order valence-corrected chi connectivity index (χ4v) is 2.91. The molecule has 0 spiro atoms. The Bertz CT molecular complexity index is 1230. The van der Waals surface area contributed by atoms with E-state index in [0.29, 0.717) is 0 Å². The van der Waals surface area contributed by atoms with E-state index in [9.17, 15) is 19.2 Å². The number of anilines is 1. The Morgan fingerprint density at radius 1 is 1.17 bits per heavy atom. The molecule has 0 saturated carbocycles. The van der Waals surface area contributed by atoms with Crippen LogP contribution in [0, 0.1) is 0 Å². The van der Waals surface area contributed by atoms with Crippen LogP contribution >= 0.6 is 0 Å². The second kappa shape index (κ2) is 12.1. The van der Waals surface area contributed by atoms with Crippen molar-refractivity contribution in [3.63, 3.8) is 0 Å². The van der Waals surface area contributed by atoms with Crippen molar-refractivity contribution >= 4 is 35.1 Å². The zero-order valence-electron chi connectivity index (χ0n) is 18.8. The molecule has 1 unspecified atom stereocenters. The lowest BCUT2D eigenvalue weighted by Gasteiger charge is -2.16. The number of nitrogens with zero attached hydrogens (tertiary/aromatic N) is 3. The van der Waals surface area contributed by atoms with Gasteiger partial charge in [0.15, 0.2) is 11.2 Å². The van der Waals surface area contributed by atoms with Gasteiger partial charge in [0.2, 0.25) is 5.95 Å². The van der Waals surface area contributed by atoms with Crippen LogP contribution in [0.2, 0.25) is 0 Å². The number of carbonyl (C=O) groups is 3. The number of H-pyrrole nitrogens is 1. The summed E-state index contributed by atoms with van der Waals surface area (Å²) in [4.78, 5) is 58.1. The van der Waals surface area contributed by atoms with Gasteiger partial charge in [0.05, 0.1) is 26.5 Å². The Morgan fingerprint density at radius 3 is 2.69 bits per heavy atom. The minimum Gasteiger partial charge on any atom is -0.467 e. The van der Waals surface area contributed by atoms with E-state index in [-0.39, 0.29) is 43.7 Å². The Hall–Kier alpha value is -4.46. The van der Waals surface area contributed by atoms with Gasteiger partial charge in [-0.1, -0.05) is 30.3 Å². The van der Waals surface area contributed by atoms with Crippen molar-refractivity contribution in [2.45, 2.75) is 25.8 Å². The number of esters is 2. The molecule has 3 aromatic rings. The second-order valence-corrected chi connectivity index (χ2v) is 7.08. The van der Waals surface area contributed by atoms with Crippen molar-refractivity contribution in [1.29, 1.82) is 0 Å². The average molecular weight is 488 g/mol. The molecule has 1 atom stereocenters. The molecule has 0 saturated heterocycles. The summed E-state index contributed by atoms with van der Waals surface area (Å²) < 4.78 is 21.6. The minimum absolute atomic E-state index is 0.000473. The lowest BCUT2D eigenvalue weighted by molar-refractivity contribution is -0.152. The Balaban J connectivity index is 1.41. The first-order chi connectivity index (χ1) is 16.9. The number of benzene rings is 1. The summed E-state index contributed by atoms with van der Waals surface area (Å²) in [6.07, 6.45) is 0.00800. The number of aromatic nitrogens is 4. The topological polar surface area (TPSA) is 190 Å². The molecule has 2 aromatic heterocycles. The number of methoxy groups -OCH3 is 1. The Morgan fingerprint density at radius 2 is 1.94 bits per heavy atom. The van der Waals surface area contributed by atoms with Crippen molar-refractivity contribution in [3.05, 3.63) is 52.6 Å². The third-order valence-electron chi connectivity index (χ3n) is 4.58. The van der Waals surface area contributed by atoms with Gasteiger partial charge in [0.25, 0.3) is 5.56 Å². The maximum absolute atomic E-state index is 12.1. The molecule has 0 radical (unpaired) electrons. The van der Waals surface area contributed by atoms with Gasteiger partial charge < -0.3 is 30.0 Å². The molecular weight excluding hydrogens is 464 g/mol. The SMILES string of the molecule is COC(=O)C(CC(=O)OCCOCn1cnc2c(=O)[nH]c(N)nc21)NC(=O)OCc1ccccc1. The number of carbonyl (C=O) groups excluding carboxylic acids is 3. The van der Waals surface area contributed by atoms with Crippen LogP contribution in [-0.4, -0.2) is 63.9 Å². The fraction of sp³-hybridized carbons (Fsp3) is 0.333. The number of alkyl carbamates (subject to hydrolysis) is 1. The van der Waals surface area contributed by atoms with Gasteiger partial charge in [-0.2, -0.15) is 4.98 Å². The van der Waals surface area contributed by atoms with Crippen LogP contribution in [0.1, 0.15) is 12.0 Å². The number of ether oxygens (including phenoxy) is 4. The van der Waals surface area contributed by atoms with E-state index in [2.05, 4.69) is 25.0 Å². The molecular formula is C21H24N6O8. The summed E-state index contributed by atoms with van der Waals surface area (Å²) in [6.45, 7) is -0.165. The largest absolute Gasteiger partial charge is 0.467 e. The zero-order valence-corrected chi connectivity index (χ0v) is 18.8. The van der Waals surface area contributed by atoms with Gasteiger partial charge >= 0.3 is 18.0 Å². The number of imidazole rings is 1. The summed E-state index contributed by atoms with van der Waals surface area (Å²) in [6, 6.07) is 7.65. The number of rotatable bonds is 11. The van der Waals surface area contributed by atoms with E-state index in [1.165, 1.54) is 10.9 Å². The van der Waals surface area contributed by atoms with Gasteiger partial charge in [-0.3, -0.25) is 19.1 Å². The first kappa shape index (κ1) is 25.2. The molecule has 0 aliphatic carbocycles. The lowest BCUT2D eigenvalue weighted by atomic mass is 10.2. The highest BCUT2D eigenvalue weighted by Crippen LogP contribution is 2.07. The molecule has 0 aliphatic heterocycles. The number of amides is 1. The number of aromatic amines is 1. The molecule has 186 valence electrons. The normalized spacial score (nSPS) is 11.6. The van der Waals surface area contributed by atoms with Gasteiger partial charge in [0.1, 0.15) is 26.0 Å². The van der Waals surface area contributed by atoms with Crippen molar-refractivity contribution in [1.82, 2.24) is 24.8 Å². The first-order valence-corrected chi connectivity index (χ1v) is 10.4. The predicted octanol–water partition coefficient (Wildman–Crippen LogP) is 0.0772. The molecule has 1 amide bonds. The monoisotopic (exact) mass is 488 g/mol. The summed E-state index contributed by atoms with van der Waals surface area (Å²) in [7, 11) is 1.13. The van der Waals surface area contributed by atoms with Crippen molar-refractivity contribution in [2.24, 2.45) is 0 Å². The second-order valence-electron chi connectivity index (χ2n) is 7.08. The van der Waals surface area contributed by atoms with Crippen LogP contribution in [0.15, 0.2) is 41.5 Å². The van der Waals surface area contributed by atoms with Crippen LogP contribution < -0.4 is 16.6 Å². The number of nitrogen functional groups attached to an aromatic ring is 1. The van der Waals surface area contributed by atoms with Gasteiger partial charge in [0, 0.05) is 0 Å². The molecule has 14 heteroatoms. The molecule has 35 heavy (non-hydrogen) atoms. The van der Waals surface area contributed by atoms with Crippen LogP contribution in [0.25, 0.3) is 11.2 Å². The summed E-state index contributed by atoms with van der Waals surface area (Å²) in [5.74, 6) is -1.65. The van der Waals surface area contributed by atoms with E-state index in [1.54, 1.807) is 24.3 Å². The summed E-state index contributed by atoms with van der Waals surface area (Å²) >= 11 is 0. The predicted molar refractivity (Wildman–Crippen MR) is 120 cm³/mol. The van der Waals surface area contributed by atoms with E-state index in [0.717, 1.165) is 12.7 Å². The van der Waals surface area contributed by atoms with E-state index in [1.807, 2.05) is 6.07 Å². The van der Waals surface area contributed by atoms with Crippen LogP contribution in [0.4, 0.5) is 10.7 Å². The molecule has 14 nitrogen and oxygen atoms in total. The lowest BCUT2D eigenvalue weighted by Crippen LogP contribution is -2.43. The average Bonchev–Trinajstić information content (AvgIpc) is 3.25. The molecule has 4 N–H and O–H groups in total. The highest BCUT2D eigenvalue weighted by Gasteiger charge is 2.26. The van der Waals surface area contributed by atoms with E-state index >= 15 is 0 Å². The van der Waals surface area contributed by atoms with Crippen LogP contribution in [0.5, 0.6) is 0 Å². The number of hydrogen-bond donors (Lipinski definition) is 3. The van der Waals surface area contributed by atoms with Crippen molar-refractivity contribution in [2.75, 3.05) is 26.1 Å². The summed E-state index contributed by atoms with van der Waals surface area (Å²) in [5, 5.41) is 2.29. The van der Waals surface area contributed by atoms with Gasteiger partial charge in [-0.05, 0) is 5.56 Å². The maximum atomic E-state index is 12.1. The molecule has 3 rings (SSSR count). The molecule has 0 aliphatic rings. The fourth-order valence-electron chi connectivity index (χ4n) is 2.91. The van der Waals surface area contributed by atoms with Crippen LogP contribution in [-0.2, 0) is 41.9 Å². The molecule has 0 fully saturated rings. The number of hydrogen-bond acceptors (Lipinski definition) is 11. The zero-order chi connectivity index (χ0) is 25.2. The smallest absolute Gasteiger partial charge is 0.408 e.